The maximum Gasteiger partial charge on any atom is 0.336 e. The van der Waals surface area contributed by atoms with Crippen molar-refractivity contribution in [2.24, 2.45) is 0 Å². The van der Waals surface area contributed by atoms with Crippen LogP contribution in [0.3, 0.4) is 0 Å². The predicted octanol–water partition coefficient (Wildman–Crippen LogP) is 1.03. The lowest BCUT2D eigenvalue weighted by molar-refractivity contribution is 0.344. The molecule has 1 fully saturated rings. The van der Waals surface area contributed by atoms with Crippen LogP contribution in [-0.4, -0.2) is 44.7 Å². The molecule has 4 heterocycles. The van der Waals surface area contributed by atoms with Gasteiger partial charge in [0, 0.05) is 18.1 Å². The van der Waals surface area contributed by atoms with Crippen molar-refractivity contribution in [2.75, 3.05) is 12.8 Å². The molecule has 9 nitrogen and oxygen atoms in total. The highest BCUT2D eigenvalue weighted by molar-refractivity contribution is 7.88. The van der Waals surface area contributed by atoms with Gasteiger partial charge < -0.3 is 5.11 Å². The lowest BCUT2D eigenvalue weighted by atomic mass is 10.1. The summed E-state index contributed by atoms with van der Waals surface area (Å²) in [5.41, 5.74) is 1.08. The molecular weight excluding hydrogens is 382 g/mol. The van der Waals surface area contributed by atoms with E-state index < -0.39 is 21.8 Å². The Balaban J connectivity index is 1.78. The zero-order valence-corrected chi connectivity index (χ0v) is 15.6. The van der Waals surface area contributed by atoms with E-state index >= 15 is 0 Å². The fourth-order valence-electron chi connectivity index (χ4n) is 4.43. The number of aromatic hydroxyl groups is 1. The number of benzene rings is 1. The van der Waals surface area contributed by atoms with Gasteiger partial charge in [0.15, 0.2) is 0 Å². The molecule has 142 valence electrons. The molecule has 0 amide bonds. The third-order valence-corrected chi connectivity index (χ3v) is 6.80. The average molecular weight is 397 g/mol. The summed E-state index contributed by atoms with van der Waals surface area (Å²) >= 11 is 0. The summed E-state index contributed by atoms with van der Waals surface area (Å²) in [5.74, 6) is -0.277. The molecule has 1 N–H and O–H groups in total. The van der Waals surface area contributed by atoms with Gasteiger partial charge in [-0.2, -0.15) is 9.57 Å². The average Bonchev–Trinajstić information content (AvgIpc) is 3.33. The standard InChI is InChI=1S/C18H15N5O4S/c1-28(26,27)21-9-11-7-14(21)16-17(24)23(18(25)22(11)16)13-5-4-10(8-19)15-12(13)3-2-6-20-15/h2-6,11,14,24H,7,9H2,1H3/t11-,14?/m1/s1. The van der Waals surface area contributed by atoms with Crippen molar-refractivity contribution in [1.29, 1.82) is 5.26 Å². The van der Waals surface area contributed by atoms with Gasteiger partial charge in [-0.3, -0.25) is 9.55 Å². The lowest BCUT2D eigenvalue weighted by Crippen LogP contribution is -2.37. The Morgan fingerprint density at radius 3 is 2.82 bits per heavy atom. The first-order chi connectivity index (χ1) is 13.3. The Morgan fingerprint density at radius 2 is 2.11 bits per heavy atom. The van der Waals surface area contributed by atoms with Gasteiger partial charge in [-0.15, -0.1) is 0 Å². The van der Waals surface area contributed by atoms with Gasteiger partial charge in [0.05, 0.1) is 35.1 Å². The number of nitriles is 1. The molecule has 3 aromatic rings. The Kier molecular flexibility index (Phi) is 3.29. The highest BCUT2D eigenvalue weighted by atomic mass is 32.2. The van der Waals surface area contributed by atoms with Crippen molar-refractivity contribution in [1.82, 2.24) is 18.4 Å². The predicted molar refractivity (Wildman–Crippen MR) is 99.7 cm³/mol. The third-order valence-electron chi connectivity index (χ3n) is 5.55. The Bertz CT molecular complexity index is 1370. The molecule has 1 saturated heterocycles. The Morgan fingerprint density at radius 1 is 1.32 bits per heavy atom. The number of nitrogens with zero attached hydrogens (tertiary/aromatic N) is 5. The number of hydrogen-bond donors (Lipinski definition) is 1. The van der Waals surface area contributed by atoms with Crippen LogP contribution in [0.5, 0.6) is 5.88 Å². The van der Waals surface area contributed by atoms with E-state index in [4.69, 9.17) is 0 Å². The number of rotatable bonds is 2. The van der Waals surface area contributed by atoms with Crippen molar-refractivity contribution in [2.45, 2.75) is 18.5 Å². The van der Waals surface area contributed by atoms with Crippen LogP contribution in [-0.2, 0) is 10.0 Å². The Hall–Kier alpha value is -3.16. The van der Waals surface area contributed by atoms with Gasteiger partial charge in [-0.25, -0.2) is 17.8 Å². The minimum Gasteiger partial charge on any atom is -0.493 e. The molecule has 2 aromatic heterocycles. The molecule has 2 aliphatic heterocycles. The number of pyridine rings is 1. The summed E-state index contributed by atoms with van der Waals surface area (Å²) in [5, 5.41) is 20.8. The van der Waals surface area contributed by atoms with E-state index in [-0.39, 0.29) is 18.5 Å². The van der Waals surface area contributed by atoms with Crippen molar-refractivity contribution in [3.63, 3.8) is 0 Å². The molecule has 10 heteroatoms. The fraction of sp³-hybridized carbons (Fsp3) is 0.278. The molecule has 0 aliphatic carbocycles. The van der Waals surface area contributed by atoms with E-state index in [1.165, 1.54) is 13.4 Å². The molecule has 28 heavy (non-hydrogen) atoms. The van der Waals surface area contributed by atoms with Crippen LogP contribution in [0, 0.1) is 11.3 Å². The maximum atomic E-state index is 13.1. The van der Waals surface area contributed by atoms with Crippen LogP contribution >= 0.6 is 0 Å². The third kappa shape index (κ3) is 2.05. The van der Waals surface area contributed by atoms with E-state index in [9.17, 15) is 23.6 Å². The highest BCUT2D eigenvalue weighted by Gasteiger charge is 2.50. The largest absolute Gasteiger partial charge is 0.493 e. The van der Waals surface area contributed by atoms with Gasteiger partial charge >= 0.3 is 5.69 Å². The summed E-state index contributed by atoms with van der Waals surface area (Å²) in [4.78, 5) is 17.4. The van der Waals surface area contributed by atoms with Crippen LogP contribution in [0.15, 0.2) is 35.3 Å². The Labute approximate surface area is 159 Å². The topological polar surface area (TPSA) is 121 Å². The van der Waals surface area contributed by atoms with E-state index in [2.05, 4.69) is 11.1 Å². The summed E-state index contributed by atoms with van der Waals surface area (Å²) in [6.07, 6.45) is 3.16. The molecule has 0 radical (unpaired) electrons. The van der Waals surface area contributed by atoms with Crippen molar-refractivity contribution in [3.8, 4) is 17.6 Å². The zero-order valence-electron chi connectivity index (χ0n) is 14.8. The first-order valence-electron chi connectivity index (χ1n) is 8.64. The first-order valence-corrected chi connectivity index (χ1v) is 10.5. The summed E-state index contributed by atoms with van der Waals surface area (Å²) < 4.78 is 28.1. The number of aromatic nitrogens is 3. The van der Waals surface area contributed by atoms with Crippen molar-refractivity contribution in [3.05, 3.63) is 52.2 Å². The lowest BCUT2D eigenvalue weighted by Gasteiger charge is -2.25. The second-order valence-corrected chi connectivity index (χ2v) is 9.01. The molecule has 0 saturated carbocycles. The van der Waals surface area contributed by atoms with Gasteiger partial charge in [0.2, 0.25) is 15.9 Å². The molecular formula is C18H15N5O4S. The van der Waals surface area contributed by atoms with Crippen LogP contribution in [0.2, 0.25) is 0 Å². The maximum absolute atomic E-state index is 13.1. The molecule has 5 rings (SSSR count). The summed E-state index contributed by atoms with van der Waals surface area (Å²) in [6.45, 7) is 0.218. The minimum atomic E-state index is -3.45. The molecule has 2 bridgehead atoms. The van der Waals surface area contributed by atoms with Crippen LogP contribution in [0.25, 0.3) is 16.6 Å². The quantitative estimate of drug-likeness (QED) is 0.689. The highest BCUT2D eigenvalue weighted by Crippen LogP contribution is 2.49. The van der Waals surface area contributed by atoms with E-state index in [1.54, 1.807) is 30.5 Å². The van der Waals surface area contributed by atoms with Crippen molar-refractivity contribution < 1.29 is 13.5 Å². The van der Waals surface area contributed by atoms with E-state index in [0.717, 1.165) is 6.26 Å². The minimum absolute atomic E-state index is 0.218. The summed E-state index contributed by atoms with van der Waals surface area (Å²) in [6, 6.07) is 7.77. The second-order valence-electron chi connectivity index (χ2n) is 7.08. The van der Waals surface area contributed by atoms with Crippen molar-refractivity contribution >= 4 is 20.9 Å². The molecule has 2 atom stereocenters. The van der Waals surface area contributed by atoms with Gasteiger partial charge in [0.1, 0.15) is 11.8 Å². The summed E-state index contributed by atoms with van der Waals surface area (Å²) in [7, 11) is -3.45. The van der Waals surface area contributed by atoms with E-state index in [0.29, 0.717) is 34.3 Å². The molecule has 0 spiro atoms. The first kappa shape index (κ1) is 17.0. The van der Waals surface area contributed by atoms with Crippen LogP contribution in [0.4, 0.5) is 0 Å². The molecule has 1 unspecified atom stereocenters. The van der Waals surface area contributed by atoms with Gasteiger partial charge in [0.25, 0.3) is 0 Å². The number of sulfonamides is 1. The normalized spacial score (nSPS) is 21.1. The van der Waals surface area contributed by atoms with Gasteiger partial charge in [-0.1, -0.05) is 0 Å². The molecule has 1 aromatic carbocycles. The SMILES string of the molecule is CS(=O)(=O)N1C[C@H]2CC1c1c(O)n(-c3ccc(C#N)c4ncccc34)c(=O)n12. The zero-order chi connectivity index (χ0) is 19.8. The smallest absolute Gasteiger partial charge is 0.336 e. The van der Waals surface area contributed by atoms with E-state index in [1.807, 2.05) is 0 Å². The van der Waals surface area contributed by atoms with Gasteiger partial charge in [-0.05, 0) is 30.7 Å². The monoisotopic (exact) mass is 397 g/mol. The number of hydrogen-bond acceptors (Lipinski definition) is 6. The second kappa shape index (κ2) is 5.43. The molecule has 2 aliphatic rings. The number of fused-ring (bicyclic) bond motifs is 6. The van der Waals surface area contributed by atoms with Crippen LogP contribution < -0.4 is 5.69 Å². The fourth-order valence-corrected chi connectivity index (χ4v) is 5.52. The van der Waals surface area contributed by atoms with Crippen LogP contribution in [0.1, 0.15) is 29.8 Å². The number of imidazole rings is 1.